The zero-order chi connectivity index (χ0) is 14.7. The molecule has 2 aromatic carbocycles. The maximum atomic E-state index is 10.8. The Kier molecular flexibility index (Phi) is 3.43. The lowest BCUT2D eigenvalue weighted by atomic mass is 10.1. The zero-order valence-corrected chi connectivity index (χ0v) is 11.1. The van der Waals surface area contributed by atoms with Crippen molar-refractivity contribution < 1.29 is 4.92 Å². The molecule has 3 rings (SSSR count). The van der Waals surface area contributed by atoms with Crippen molar-refractivity contribution in [2.75, 3.05) is 0 Å². The molecule has 3 aromatic rings. The molecule has 0 aliphatic rings. The maximum Gasteiger partial charge on any atom is 0.270 e. The van der Waals surface area contributed by atoms with E-state index in [0.717, 1.165) is 22.0 Å². The highest BCUT2D eigenvalue weighted by molar-refractivity contribution is 5.90. The highest BCUT2D eigenvalue weighted by Gasteiger charge is 2.04. The Balaban J connectivity index is 1.98. The van der Waals surface area contributed by atoms with Gasteiger partial charge in [0.05, 0.1) is 10.4 Å². The number of nitro benzene ring substituents is 1. The maximum absolute atomic E-state index is 10.8. The summed E-state index contributed by atoms with van der Waals surface area (Å²) < 4.78 is 0. The number of aromatic nitrogens is 1. The predicted octanol–water partition coefficient (Wildman–Crippen LogP) is 4.31. The summed E-state index contributed by atoms with van der Waals surface area (Å²) in [6, 6.07) is 16.4. The average Bonchev–Trinajstić information content (AvgIpc) is 2.53. The normalized spacial score (nSPS) is 11.0. The van der Waals surface area contributed by atoms with E-state index in [4.69, 9.17) is 0 Å². The summed E-state index contributed by atoms with van der Waals surface area (Å²) in [5.41, 5.74) is 2.85. The van der Waals surface area contributed by atoms with Crippen LogP contribution in [0.1, 0.15) is 11.1 Å². The van der Waals surface area contributed by atoms with Crippen LogP contribution in [-0.4, -0.2) is 9.91 Å². The van der Waals surface area contributed by atoms with E-state index in [2.05, 4.69) is 4.98 Å². The molecule has 1 aromatic heterocycles. The van der Waals surface area contributed by atoms with Gasteiger partial charge in [-0.15, -0.1) is 0 Å². The van der Waals surface area contributed by atoms with Gasteiger partial charge in [-0.3, -0.25) is 15.1 Å². The third-order valence-corrected chi connectivity index (χ3v) is 3.22. The fourth-order valence-electron chi connectivity index (χ4n) is 2.19. The number of hydrogen-bond donors (Lipinski definition) is 0. The third-order valence-electron chi connectivity index (χ3n) is 3.22. The van der Waals surface area contributed by atoms with E-state index in [0.29, 0.717) is 0 Å². The molecule has 0 radical (unpaired) electrons. The Labute approximate surface area is 121 Å². The minimum Gasteiger partial charge on any atom is -0.258 e. The Hall–Kier alpha value is -3.01. The fraction of sp³-hybridized carbons (Fsp3) is 0. The van der Waals surface area contributed by atoms with Crippen molar-refractivity contribution in [2.45, 2.75) is 0 Å². The van der Waals surface area contributed by atoms with Gasteiger partial charge >= 0.3 is 0 Å². The van der Waals surface area contributed by atoms with Gasteiger partial charge in [0, 0.05) is 23.7 Å². The summed E-state index contributed by atoms with van der Waals surface area (Å²) in [6.45, 7) is 0. The first-order chi connectivity index (χ1) is 10.2. The summed E-state index contributed by atoms with van der Waals surface area (Å²) >= 11 is 0. The summed E-state index contributed by atoms with van der Waals surface area (Å²) in [6.07, 6.45) is 5.58. The second-order valence-electron chi connectivity index (χ2n) is 4.60. The Morgan fingerprint density at radius 3 is 2.71 bits per heavy atom. The van der Waals surface area contributed by atoms with E-state index >= 15 is 0 Å². The quantitative estimate of drug-likeness (QED) is 0.529. The first-order valence-corrected chi connectivity index (χ1v) is 6.50. The van der Waals surface area contributed by atoms with Crippen molar-refractivity contribution in [2.24, 2.45) is 0 Å². The molecule has 0 aliphatic carbocycles. The molecular weight excluding hydrogens is 264 g/mol. The van der Waals surface area contributed by atoms with Crippen LogP contribution >= 0.6 is 0 Å². The molecule has 21 heavy (non-hydrogen) atoms. The molecule has 0 amide bonds. The van der Waals surface area contributed by atoms with Gasteiger partial charge in [0.2, 0.25) is 0 Å². The Morgan fingerprint density at radius 1 is 1.00 bits per heavy atom. The molecule has 1 heterocycles. The second kappa shape index (κ2) is 5.54. The predicted molar refractivity (Wildman–Crippen MR) is 83.8 cm³/mol. The molecule has 102 valence electrons. The van der Waals surface area contributed by atoms with Crippen LogP contribution in [0.3, 0.4) is 0 Å². The molecule has 4 nitrogen and oxygen atoms in total. The Morgan fingerprint density at radius 2 is 1.86 bits per heavy atom. The van der Waals surface area contributed by atoms with Crippen LogP contribution in [0.5, 0.6) is 0 Å². The van der Waals surface area contributed by atoms with Gasteiger partial charge in [-0.05, 0) is 23.3 Å². The lowest BCUT2D eigenvalue weighted by Gasteiger charge is -2.01. The van der Waals surface area contributed by atoms with Gasteiger partial charge in [0.1, 0.15) is 0 Å². The highest BCUT2D eigenvalue weighted by Crippen LogP contribution is 2.20. The molecule has 0 spiro atoms. The van der Waals surface area contributed by atoms with Crippen LogP contribution in [0.25, 0.3) is 23.1 Å². The van der Waals surface area contributed by atoms with Crippen LogP contribution < -0.4 is 0 Å². The second-order valence-corrected chi connectivity index (χ2v) is 4.60. The molecule has 0 N–H and O–H groups in total. The summed E-state index contributed by atoms with van der Waals surface area (Å²) in [4.78, 5) is 14.7. The first-order valence-electron chi connectivity index (χ1n) is 6.50. The highest BCUT2D eigenvalue weighted by atomic mass is 16.6. The SMILES string of the molecule is O=[N+]([O-])c1cccc(C=Cc2ccnc3ccccc23)c1. The number of nitro groups is 1. The molecule has 4 heteroatoms. The lowest BCUT2D eigenvalue weighted by Crippen LogP contribution is -1.87. The van der Waals surface area contributed by atoms with Crippen molar-refractivity contribution in [3.8, 4) is 0 Å². The molecular formula is C17H12N2O2. The average molecular weight is 276 g/mol. The lowest BCUT2D eigenvalue weighted by molar-refractivity contribution is -0.384. The van der Waals surface area contributed by atoms with E-state index in [9.17, 15) is 10.1 Å². The molecule has 0 atom stereocenters. The van der Waals surface area contributed by atoms with Crippen molar-refractivity contribution >= 4 is 28.7 Å². The van der Waals surface area contributed by atoms with Crippen molar-refractivity contribution in [1.82, 2.24) is 4.98 Å². The minimum atomic E-state index is -0.390. The number of nitrogens with zero attached hydrogens (tertiary/aromatic N) is 2. The molecule has 0 aliphatic heterocycles. The van der Waals surface area contributed by atoms with Crippen LogP contribution in [-0.2, 0) is 0 Å². The number of hydrogen-bond acceptors (Lipinski definition) is 3. The van der Waals surface area contributed by atoms with Crippen LogP contribution in [0.2, 0.25) is 0 Å². The minimum absolute atomic E-state index is 0.0942. The molecule has 0 unspecified atom stereocenters. The summed E-state index contributed by atoms with van der Waals surface area (Å²) in [5, 5.41) is 11.8. The summed E-state index contributed by atoms with van der Waals surface area (Å²) in [5.74, 6) is 0. The monoisotopic (exact) mass is 276 g/mol. The van der Waals surface area contributed by atoms with Gasteiger partial charge in [0.15, 0.2) is 0 Å². The van der Waals surface area contributed by atoms with E-state index in [-0.39, 0.29) is 10.6 Å². The van der Waals surface area contributed by atoms with Gasteiger partial charge < -0.3 is 0 Å². The number of non-ortho nitro benzene ring substituents is 1. The van der Waals surface area contributed by atoms with Gasteiger partial charge in [-0.1, -0.05) is 42.5 Å². The van der Waals surface area contributed by atoms with E-state index in [1.54, 1.807) is 18.3 Å². The number of para-hydroxylation sites is 1. The Bertz CT molecular complexity index is 836. The van der Waals surface area contributed by atoms with Crippen molar-refractivity contribution in [3.05, 3.63) is 82.0 Å². The molecule has 0 saturated carbocycles. The fourth-order valence-corrected chi connectivity index (χ4v) is 2.19. The van der Waals surface area contributed by atoms with Crippen LogP contribution in [0.4, 0.5) is 5.69 Å². The number of fused-ring (bicyclic) bond motifs is 1. The number of pyridine rings is 1. The van der Waals surface area contributed by atoms with Crippen molar-refractivity contribution in [3.63, 3.8) is 0 Å². The van der Waals surface area contributed by atoms with Crippen LogP contribution in [0, 0.1) is 10.1 Å². The molecule has 0 saturated heterocycles. The van der Waals surface area contributed by atoms with Gasteiger partial charge in [0.25, 0.3) is 5.69 Å². The van der Waals surface area contributed by atoms with Crippen molar-refractivity contribution in [1.29, 1.82) is 0 Å². The van der Waals surface area contributed by atoms with E-state index in [1.807, 2.05) is 48.6 Å². The first kappa shape index (κ1) is 13.0. The third kappa shape index (κ3) is 2.79. The van der Waals surface area contributed by atoms with E-state index in [1.165, 1.54) is 6.07 Å². The van der Waals surface area contributed by atoms with Gasteiger partial charge in [-0.25, -0.2) is 0 Å². The zero-order valence-electron chi connectivity index (χ0n) is 11.1. The summed E-state index contributed by atoms with van der Waals surface area (Å²) in [7, 11) is 0. The van der Waals surface area contributed by atoms with Crippen LogP contribution in [0.15, 0.2) is 60.8 Å². The number of benzene rings is 2. The molecule has 0 fully saturated rings. The smallest absolute Gasteiger partial charge is 0.258 e. The molecule has 0 bridgehead atoms. The van der Waals surface area contributed by atoms with E-state index < -0.39 is 0 Å². The van der Waals surface area contributed by atoms with Gasteiger partial charge in [-0.2, -0.15) is 0 Å². The largest absolute Gasteiger partial charge is 0.270 e. The standard InChI is InChI=1S/C17H12N2O2/c20-19(21)15-5-3-4-13(12-15)8-9-14-10-11-18-17-7-2-1-6-16(14)17/h1-12H. The topological polar surface area (TPSA) is 56.0 Å². The number of rotatable bonds is 3.